The summed E-state index contributed by atoms with van der Waals surface area (Å²) in [5.41, 5.74) is 1.30. The molecule has 2 amide bonds. The maximum absolute atomic E-state index is 12.5. The highest BCUT2D eigenvalue weighted by atomic mass is 32.2. The summed E-state index contributed by atoms with van der Waals surface area (Å²) in [4.78, 5) is 26.5. The van der Waals surface area contributed by atoms with Crippen LogP contribution in [0.5, 0.6) is 0 Å². The van der Waals surface area contributed by atoms with Gasteiger partial charge in [0, 0.05) is 17.5 Å². The van der Waals surface area contributed by atoms with Crippen molar-refractivity contribution in [2.24, 2.45) is 0 Å². The molecule has 0 bridgehead atoms. The third-order valence-electron chi connectivity index (χ3n) is 3.57. The van der Waals surface area contributed by atoms with Gasteiger partial charge in [0.05, 0.1) is 17.5 Å². The Morgan fingerprint density at radius 1 is 1.42 bits per heavy atom. The van der Waals surface area contributed by atoms with Gasteiger partial charge in [0.2, 0.25) is 5.91 Å². The number of carbonyl (C=O) groups is 2. The quantitative estimate of drug-likeness (QED) is 0.916. The van der Waals surface area contributed by atoms with E-state index in [2.05, 4.69) is 10.5 Å². The lowest BCUT2D eigenvalue weighted by Gasteiger charge is -2.22. The van der Waals surface area contributed by atoms with Gasteiger partial charge in [0.15, 0.2) is 5.69 Å². The zero-order valence-corrected chi connectivity index (χ0v) is 13.7. The minimum atomic E-state index is -0.574. The Morgan fingerprint density at radius 2 is 2.17 bits per heavy atom. The van der Waals surface area contributed by atoms with E-state index in [-0.39, 0.29) is 17.5 Å². The molecule has 0 aliphatic carbocycles. The minimum Gasteiger partial charge on any atom is -0.361 e. The maximum Gasteiger partial charge on any atom is 0.277 e. The number of anilines is 1. The highest BCUT2D eigenvalue weighted by Gasteiger charge is 2.36. The fourth-order valence-electron chi connectivity index (χ4n) is 2.33. The first-order valence-corrected chi connectivity index (χ1v) is 8.37. The summed E-state index contributed by atoms with van der Waals surface area (Å²) in [5.74, 6) is 0.903. The summed E-state index contributed by atoms with van der Waals surface area (Å²) in [5, 5.41) is 15.3. The number of carbonyl (C=O) groups excluding carboxylic acids is 2. The number of nitrogens with one attached hydrogen (secondary N) is 1. The van der Waals surface area contributed by atoms with Crippen molar-refractivity contribution in [3.8, 4) is 6.07 Å². The lowest BCUT2D eigenvalue weighted by molar-refractivity contribution is -0.119. The fourth-order valence-corrected chi connectivity index (χ4v) is 3.48. The molecule has 2 aromatic rings. The molecule has 1 saturated heterocycles. The van der Waals surface area contributed by atoms with E-state index in [0.29, 0.717) is 28.6 Å². The van der Waals surface area contributed by atoms with Gasteiger partial charge in [-0.25, -0.2) is 0 Å². The summed E-state index contributed by atoms with van der Waals surface area (Å²) in [6.07, 6.45) is 0. The van der Waals surface area contributed by atoms with Gasteiger partial charge in [0.1, 0.15) is 11.8 Å². The number of nitriles is 1. The van der Waals surface area contributed by atoms with Gasteiger partial charge in [-0.3, -0.25) is 9.59 Å². The average Bonchev–Trinajstić information content (AvgIpc) is 3.24. The second-order valence-corrected chi connectivity index (χ2v) is 6.29. The predicted molar refractivity (Wildman–Crippen MR) is 88.3 cm³/mol. The topological polar surface area (TPSA) is 99.2 Å². The number of hydrogen-bond donors (Lipinski definition) is 1. The standard InChI is InChI=1S/C16H14N4O3S/c1-10-6-13(19-23-10)16(22)20-9-24-8-14(20)15(21)18-12-4-2-11(7-17)3-5-12/h2-6,14H,8-9H2,1H3,(H,18,21)/t14-/m0/s1. The van der Waals surface area contributed by atoms with Crippen LogP contribution in [0.2, 0.25) is 0 Å². The van der Waals surface area contributed by atoms with Crippen LogP contribution in [0.1, 0.15) is 21.8 Å². The monoisotopic (exact) mass is 342 g/mol. The maximum atomic E-state index is 12.5. The summed E-state index contributed by atoms with van der Waals surface area (Å²) in [6.45, 7) is 1.71. The summed E-state index contributed by atoms with van der Waals surface area (Å²) in [6, 6.07) is 9.57. The Bertz CT molecular complexity index is 809. The molecule has 122 valence electrons. The third kappa shape index (κ3) is 3.26. The number of thioether (sulfide) groups is 1. The molecule has 0 spiro atoms. The second kappa shape index (κ2) is 6.76. The summed E-state index contributed by atoms with van der Waals surface area (Å²) >= 11 is 1.51. The molecule has 1 N–H and O–H groups in total. The lowest BCUT2D eigenvalue weighted by Crippen LogP contribution is -2.44. The fraction of sp³-hybridized carbons (Fsp3) is 0.250. The molecule has 1 aliphatic rings. The molecule has 1 atom stereocenters. The highest BCUT2D eigenvalue weighted by Crippen LogP contribution is 2.24. The van der Waals surface area contributed by atoms with Crippen LogP contribution in [0.4, 0.5) is 5.69 Å². The molecule has 1 aromatic heterocycles. The van der Waals surface area contributed by atoms with Gasteiger partial charge in [0.25, 0.3) is 5.91 Å². The van der Waals surface area contributed by atoms with E-state index < -0.39 is 6.04 Å². The largest absolute Gasteiger partial charge is 0.361 e. The molecule has 1 fully saturated rings. The second-order valence-electron chi connectivity index (χ2n) is 5.29. The number of aromatic nitrogens is 1. The summed E-state index contributed by atoms with van der Waals surface area (Å²) in [7, 11) is 0. The first kappa shape index (κ1) is 16.1. The van der Waals surface area contributed by atoms with Gasteiger partial charge in [-0.2, -0.15) is 5.26 Å². The van der Waals surface area contributed by atoms with Crippen LogP contribution >= 0.6 is 11.8 Å². The van der Waals surface area contributed by atoms with Gasteiger partial charge < -0.3 is 14.7 Å². The van der Waals surface area contributed by atoms with E-state index in [4.69, 9.17) is 9.78 Å². The van der Waals surface area contributed by atoms with Crippen LogP contribution in [0.25, 0.3) is 0 Å². The number of benzene rings is 1. The molecule has 8 heteroatoms. The molecule has 1 aromatic carbocycles. The number of rotatable bonds is 3. The third-order valence-corrected chi connectivity index (χ3v) is 4.59. The van der Waals surface area contributed by atoms with Crippen molar-refractivity contribution in [3.05, 3.63) is 47.3 Å². The Labute approximate surface area is 142 Å². The van der Waals surface area contributed by atoms with Crippen LogP contribution in [-0.2, 0) is 4.79 Å². The van der Waals surface area contributed by atoms with Crippen molar-refractivity contribution in [3.63, 3.8) is 0 Å². The number of aryl methyl sites for hydroxylation is 1. The number of amides is 2. The lowest BCUT2D eigenvalue weighted by atomic mass is 10.2. The van der Waals surface area contributed by atoms with Crippen molar-refractivity contribution in [1.29, 1.82) is 5.26 Å². The van der Waals surface area contributed by atoms with E-state index in [0.717, 1.165) is 0 Å². The molecular weight excluding hydrogens is 328 g/mol. The SMILES string of the molecule is Cc1cc(C(=O)N2CSC[C@H]2C(=O)Nc2ccc(C#N)cc2)no1. The van der Waals surface area contributed by atoms with Gasteiger partial charge in [-0.15, -0.1) is 11.8 Å². The molecule has 24 heavy (non-hydrogen) atoms. The van der Waals surface area contributed by atoms with E-state index in [9.17, 15) is 9.59 Å². The molecule has 0 saturated carbocycles. The van der Waals surface area contributed by atoms with Crippen LogP contribution in [-0.4, -0.2) is 39.5 Å². The van der Waals surface area contributed by atoms with Gasteiger partial charge in [-0.1, -0.05) is 5.16 Å². The Kier molecular flexibility index (Phi) is 4.53. The van der Waals surface area contributed by atoms with Gasteiger partial charge in [-0.05, 0) is 31.2 Å². The first-order chi connectivity index (χ1) is 11.6. The van der Waals surface area contributed by atoms with E-state index >= 15 is 0 Å². The normalized spacial score (nSPS) is 16.7. The highest BCUT2D eigenvalue weighted by molar-refractivity contribution is 7.99. The smallest absolute Gasteiger partial charge is 0.277 e. The zero-order valence-electron chi connectivity index (χ0n) is 12.9. The van der Waals surface area contributed by atoms with Crippen LogP contribution < -0.4 is 5.32 Å². The predicted octanol–water partition coefficient (Wildman–Crippen LogP) is 2.01. The Morgan fingerprint density at radius 3 is 2.79 bits per heavy atom. The number of hydrogen-bond acceptors (Lipinski definition) is 6. The number of nitrogens with zero attached hydrogens (tertiary/aromatic N) is 3. The van der Waals surface area contributed by atoms with E-state index in [1.165, 1.54) is 16.7 Å². The molecule has 1 aliphatic heterocycles. The molecule has 2 heterocycles. The van der Waals surface area contributed by atoms with Crippen molar-refractivity contribution in [2.45, 2.75) is 13.0 Å². The zero-order chi connectivity index (χ0) is 17.1. The molecule has 0 unspecified atom stereocenters. The molecule has 0 radical (unpaired) electrons. The Hall–Kier alpha value is -2.79. The van der Waals surface area contributed by atoms with Crippen molar-refractivity contribution in [2.75, 3.05) is 16.9 Å². The van der Waals surface area contributed by atoms with Crippen molar-refractivity contribution in [1.82, 2.24) is 10.1 Å². The van der Waals surface area contributed by atoms with E-state index in [1.807, 2.05) is 6.07 Å². The molecular formula is C16H14N4O3S. The van der Waals surface area contributed by atoms with Crippen molar-refractivity contribution >= 4 is 29.3 Å². The minimum absolute atomic E-state index is 0.200. The van der Waals surface area contributed by atoms with E-state index in [1.54, 1.807) is 37.3 Å². The van der Waals surface area contributed by atoms with Gasteiger partial charge >= 0.3 is 0 Å². The average molecular weight is 342 g/mol. The van der Waals surface area contributed by atoms with Crippen LogP contribution in [0.3, 0.4) is 0 Å². The van der Waals surface area contributed by atoms with Crippen LogP contribution in [0.15, 0.2) is 34.9 Å². The Balaban J connectivity index is 1.71. The summed E-state index contributed by atoms with van der Waals surface area (Å²) < 4.78 is 4.93. The molecule has 7 nitrogen and oxygen atoms in total. The molecule has 3 rings (SSSR count). The first-order valence-electron chi connectivity index (χ1n) is 7.21. The van der Waals surface area contributed by atoms with Crippen LogP contribution in [0, 0.1) is 18.3 Å². The van der Waals surface area contributed by atoms with Crippen molar-refractivity contribution < 1.29 is 14.1 Å².